The zero-order valence-corrected chi connectivity index (χ0v) is 13.3. The fourth-order valence-electron chi connectivity index (χ4n) is 1.97. The monoisotopic (exact) mass is 328 g/mol. The molecular weight excluding hydrogens is 311 g/mol. The standard InChI is InChI=1S/C18H17O4P/c19-23(20-16-10-4-1-5-11-16,21-17-12-6-2-7-13-17)22-18-14-8-3-9-15-18/h1-15,19,23H. The molecule has 1 N–H and O–H groups in total. The molecule has 4 nitrogen and oxygen atoms in total. The molecule has 0 bridgehead atoms. The molecule has 3 aromatic carbocycles. The van der Waals surface area contributed by atoms with Crippen molar-refractivity contribution in [2.45, 2.75) is 0 Å². The number of hydrogen-bond donors (Lipinski definition) is 1. The van der Waals surface area contributed by atoms with Gasteiger partial charge >= 0.3 is 135 Å². The summed E-state index contributed by atoms with van der Waals surface area (Å²) < 4.78 is 17.0. The van der Waals surface area contributed by atoms with Crippen molar-refractivity contribution in [3.8, 4) is 17.2 Å². The van der Waals surface area contributed by atoms with Gasteiger partial charge in [-0.05, 0) is 0 Å². The third-order valence-electron chi connectivity index (χ3n) is 2.97. The summed E-state index contributed by atoms with van der Waals surface area (Å²) in [4.78, 5) is 10.8. The van der Waals surface area contributed by atoms with E-state index >= 15 is 0 Å². The van der Waals surface area contributed by atoms with Gasteiger partial charge in [-0.25, -0.2) is 0 Å². The fraction of sp³-hybridized carbons (Fsp3) is 0. The fourth-order valence-corrected chi connectivity index (χ4v) is 3.40. The molecule has 23 heavy (non-hydrogen) atoms. The van der Waals surface area contributed by atoms with E-state index in [2.05, 4.69) is 0 Å². The third kappa shape index (κ3) is 4.46. The average molecular weight is 328 g/mol. The first-order valence-electron chi connectivity index (χ1n) is 7.18. The van der Waals surface area contributed by atoms with Gasteiger partial charge in [-0.2, -0.15) is 0 Å². The summed E-state index contributed by atoms with van der Waals surface area (Å²) in [5, 5.41) is 0. The number of para-hydroxylation sites is 3. The summed E-state index contributed by atoms with van der Waals surface area (Å²) in [6.45, 7) is 0. The van der Waals surface area contributed by atoms with Crippen molar-refractivity contribution >= 4 is 8.17 Å². The maximum absolute atomic E-state index is 10.8. The third-order valence-corrected chi connectivity index (χ3v) is 4.45. The first kappa shape index (κ1) is 15.3. The molecule has 0 amide bonds. The van der Waals surface area contributed by atoms with E-state index in [0.717, 1.165) is 0 Å². The molecule has 0 aliphatic carbocycles. The second-order valence-electron chi connectivity index (χ2n) is 4.77. The van der Waals surface area contributed by atoms with Gasteiger partial charge < -0.3 is 0 Å². The molecule has 118 valence electrons. The molecule has 0 aromatic heterocycles. The zero-order chi connectivity index (χ0) is 16.0. The number of hydrogen-bond acceptors (Lipinski definition) is 4. The van der Waals surface area contributed by atoms with Crippen molar-refractivity contribution in [2.75, 3.05) is 0 Å². The molecule has 0 saturated heterocycles. The van der Waals surface area contributed by atoms with Crippen LogP contribution in [0.3, 0.4) is 0 Å². The van der Waals surface area contributed by atoms with Gasteiger partial charge in [0.25, 0.3) is 0 Å². The van der Waals surface area contributed by atoms with Crippen LogP contribution in [-0.2, 0) is 0 Å². The average Bonchev–Trinajstić information content (AvgIpc) is 2.57. The normalized spacial score (nSPS) is 11.5. The van der Waals surface area contributed by atoms with Crippen molar-refractivity contribution in [3.05, 3.63) is 91.0 Å². The number of benzene rings is 3. The Bertz CT molecular complexity index is 618. The van der Waals surface area contributed by atoms with E-state index < -0.39 is 8.17 Å². The van der Waals surface area contributed by atoms with Crippen molar-refractivity contribution < 1.29 is 18.5 Å². The van der Waals surface area contributed by atoms with Crippen LogP contribution in [0.4, 0.5) is 0 Å². The van der Waals surface area contributed by atoms with Gasteiger partial charge in [0, 0.05) is 0 Å². The Morgan fingerprint density at radius 2 is 0.739 bits per heavy atom. The van der Waals surface area contributed by atoms with E-state index in [-0.39, 0.29) is 0 Å². The van der Waals surface area contributed by atoms with Crippen LogP contribution in [0, 0.1) is 0 Å². The van der Waals surface area contributed by atoms with Gasteiger partial charge in [0.2, 0.25) is 0 Å². The Hall–Kier alpha value is -2.55. The molecule has 0 radical (unpaired) electrons. The van der Waals surface area contributed by atoms with Gasteiger partial charge in [-0.3, -0.25) is 0 Å². The van der Waals surface area contributed by atoms with Crippen LogP contribution in [0.1, 0.15) is 0 Å². The Kier molecular flexibility index (Phi) is 4.77. The van der Waals surface area contributed by atoms with E-state index in [9.17, 15) is 4.89 Å². The zero-order valence-electron chi connectivity index (χ0n) is 12.3. The minimum atomic E-state index is -3.97. The van der Waals surface area contributed by atoms with Crippen molar-refractivity contribution in [1.82, 2.24) is 0 Å². The molecule has 0 aliphatic rings. The molecule has 5 heteroatoms. The van der Waals surface area contributed by atoms with E-state index in [1.807, 2.05) is 54.6 Å². The molecule has 0 aliphatic heterocycles. The molecule has 3 rings (SSSR count). The van der Waals surface area contributed by atoms with Crippen LogP contribution in [0.25, 0.3) is 0 Å². The van der Waals surface area contributed by atoms with Crippen LogP contribution >= 0.6 is 8.17 Å². The molecular formula is C18H17O4P. The molecule has 0 spiro atoms. The second-order valence-corrected chi connectivity index (χ2v) is 6.43. The van der Waals surface area contributed by atoms with Crippen molar-refractivity contribution in [1.29, 1.82) is 0 Å². The summed E-state index contributed by atoms with van der Waals surface area (Å²) in [7, 11) is -3.97. The SMILES string of the molecule is O[PH](Oc1ccccc1)(Oc1ccccc1)Oc1ccccc1. The van der Waals surface area contributed by atoms with Crippen molar-refractivity contribution in [2.24, 2.45) is 0 Å². The molecule has 0 saturated carbocycles. The molecule has 0 fully saturated rings. The summed E-state index contributed by atoms with van der Waals surface area (Å²) >= 11 is 0. The second kappa shape index (κ2) is 7.14. The molecule has 0 heterocycles. The van der Waals surface area contributed by atoms with E-state index in [1.54, 1.807) is 36.4 Å². The predicted molar refractivity (Wildman–Crippen MR) is 91.7 cm³/mol. The minimum absolute atomic E-state index is 0.480. The summed E-state index contributed by atoms with van der Waals surface area (Å²) in [6.07, 6.45) is 0. The Balaban J connectivity index is 1.85. The Morgan fingerprint density at radius 3 is 1.00 bits per heavy atom. The Morgan fingerprint density at radius 1 is 0.478 bits per heavy atom. The van der Waals surface area contributed by atoms with Gasteiger partial charge in [-0.1, -0.05) is 0 Å². The van der Waals surface area contributed by atoms with Crippen LogP contribution in [0.15, 0.2) is 91.0 Å². The van der Waals surface area contributed by atoms with Gasteiger partial charge in [0.05, 0.1) is 0 Å². The van der Waals surface area contributed by atoms with Crippen LogP contribution in [0.2, 0.25) is 0 Å². The van der Waals surface area contributed by atoms with Crippen LogP contribution < -0.4 is 13.6 Å². The van der Waals surface area contributed by atoms with Crippen LogP contribution in [0.5, 0.6) is 17.2 Å². The Labute approximate surface area is 135 Å². The maximum atomic E-state index is 10.8. The summed E-state index contributed by atoms with van der Waals surface area (Å²) in [5.41, 5.74) is 0. The first-order valence-corrected chi connectivity index (χ1v) is 8.85. The van der Waals surface area contributed by atoms with E-state index in [4.69, 9.17) is 13.6 Å². The van der Waals surface area contributed by atoms with E-state index in [0.29, 0.717) is 17.2 Å². The first-order chi connectivity index (χ1) is 11.2. The topological polar surface area (TPSA) is 47.9 Å². The van der Waals surface area contributed by atoms with Gasteiger partial charge in [-0.15, -0.1) is 0 Å². The van der Waals surface area contributed by atoms with Gasteiger partial charge in [0.1, 0.15) is 0 Å². The molecule has 0 unspecified atom stereocenters. The van der Waals surface area contributed by atoms with E-state index in [1.165, 1.54) is 0 Å². The summed E-state index contributed by atoms with van der Waals surface area (Å²) in [5.74, 6) is 1.44. The van der Waals surface area contributed by atoms with Gasteiger partial charge in [0.15, 0.2) is 0 Å². The van der Waals surface area contributed by atoms with Crippen molar-refractivity contribution in [3.63, 3.8) is 0 Å². The van der Waals surface area contributed by atoms with Crippen LogP contribution in [-0.4, -0.2) is 4.89 Å². The molecule has 0 atom stereocenters. The summed E-state index contributed by atoms with van der Waals surface area (Å²) in [6, 6.07) is 26.9. The number of rotatable bonds is 6. The quantitative estimate of drug-likeness (QED) is 0.671. The predicted octanol–water partition coefficient (Wildman–Crippen LogP) is 4.63. The molecule has 3 aromatic rings.